The Morgan fingerprint density at radius 3 is 2.80 bits per heavy atom. The van der Waals surface area contributed by atoms with Crippen molar-refractivity contribution in [3.05, 3.63) is 12.4 Å². The van der Waals surface area contributed by atoms with E-state index >= 15 is 0 Å². The van der Waals surface area contributed by atoms with Crippen LogP contribution in [0.4, 0.5) is 5.69 Å². The van der Waals surface area contributed by atoms with Gasteiger partial charge in [0.05, 0.1) is 31.0 Å². The molecule has 0 spiro atoms. The normalized spacial score (nSPS) is 23.4. The molecule has 0 bridgehead atoms. The van der Waals surface area contributed by atoms with E-state index in [1.807, 2.05) is 0 Å². The molecule has 2 aliphatic heterocycles. The van der Waals surface area contributed by atoms with E-state index in [0.717, 1.165) is 5.69 Å². The van der Waals surface area contributed by atoms with Gasteiger partial charge < -0.3 is 14.5 Å². The van der Waals surface area contributed by atoms with Gasteiger partial charge in [-0.25, -0.2) is 0 Å². The van der Waals surface area contributed by atoms with Crippen molar-refractivity contribution in [3.63, 3.8) is 0 Å². The molecule has 1 aromatic rings. The minimum Gasteiger partial charge on any atom is -0.378 e. The van der Waals surface area contributed by atoms with E-state index in [-0.39, 0.29) is 24.2 Å². The monoisotopic (exact) mass is 278 g/mol. The lowest BCUT2D eigenvalue weighted by Crippen LogP contribution is -2.44. The van der Waals surface area contributed by atoms with Gasteiger partial charge in [-0.1, -0.05) is 0 Å². The van der Waals surface area contributed by atoms with E-state index in [2.05, 4.69) is 5.10 Å². The van der Waals surface area contributed by atoms with Crippen LogP contribution in [-0.2, 0) is 21.4 Å². The summed E-state index contributed by atoms with van der Waals surface area (Å²) < 4.78 is 6.90. The first-order valence-electron chi connectivity index (χ1n) is 6.80. The molecule has 2 amide bonds. The van der Waals surface area contributed by atoms with Crippen LogP contribution in [0, 0.1) is 5.92 Å². The number of nitrogens with zero attached hydrogens (tertiary/aromatic N) is 4. The molecule has 2 fully saturated rings. The minimum atomic E-state index is -0.249. The van der Waals surface area contributed by atoms with Crippen LogP contribution in [0.15, 0.2) is 12.4 Å². The highest BCUT2D eigenvalue weighted by molar-refractivity contribution is 6.00. The molecular weight excluding hydrogens is 260 g/mol. The van der Waals surface area contributed by atoms with Crippen LogP contribution < -0.4 is 4.90 Å². The van der Waals surface area contributed by atoms with Gasteiger partial charge in [0.1, 0.15) is 0 Å². The van der Waals surface area contributed by atoms with Gasteiger partial charge in [-0.3, -0.25) is 14.3 Å². The summed E-state index contributed by atoms with van der Waals surface area (Å²) in [6.07, 6.45) is 3.73. The summed E-state index contributed by atoms with van der Waals surface area (Å²) in [7, 11) is 1.81. The van der Waals surface area contributed by atoms with Crippen LogP contribution in [0.2, 0.25) is 0 Å². The molecule has 3 rings (SSSR count). The van der Waals surface area contributed by atoms with Gasteiger partial charge in [0, 0.05) is 39.3 Å². The zero-order chi connectivity index (χ0) is 14.1. The maximum atomic E-state index is 12.4. The van der Waals surface area contributed by atoms with Crippen molar-refractivity contribution >= 4 is 17.5 Å². The summed E-state index contributed by atoms with van der Waals surface area (Å²) in [5.74, 6) is -0.196. The summed E-state index contributed by atoms with van der Waals surface area (Å²) in [6.45, 7) is 2.85. The SMILES string of the molecule is Cn1cc(N2C[C@@H](C(=O)N3CCOCC3)CC2=O)cn1. The van der Waals surface area contributed by atoms with Crippen molar-refractivity contribution in [2.24, 2.45) is 13.0 Å². The molecule has 2 aliphatic rings. The van der Waals surface area contributed by atoms with Gasteiger partial charge in [0.25, 0.3) is 0 Å². The number of ether oxygens (including phenoxy) is 1. The first kappa shape index (κ1) is 13.1. The Hall–Kier alpha value is -1.89. The van der Waals surface area contributed by atoms with Gasteiger partial charge in [0.15, 0.2) is 0 Å². The summed E-state index contributed by atoms with van der Waals surface area (Å²) >= 11 is 0. The molecule has 7 nitrogen and oxygen atoms in total. The molecule has 0 radical (unpaired) electrons. The zero-order valence-corrected chi connectivity index (χ0v) is 11.5. The van der Waals surface area contributed by atoms with E-state index < -0.39 is 0 Å². The Labute approximate surface area is 117 Å². The Morgan fingerprint density at radius 2 is 2.15 bits per heavy atom. The average Bonchev–Trinajstić information content (AvgIpc) is 3.05. The van der Waals surface area contributed by atoms with Crippen molar-refractivity contribution < 1.29 is 14.3 Å². The summed E-state index contributed by atoms with van der Waals surface area (Å²) in [5, 5.41) is 4.07. The van der Waals surface area contributed by atoms with Crippen molar-refractivity contribution in [1.29, 1.82) is 0 Å². The van der Waals surface area contributed by atoms with Gasteiger partial charge in [-0.15, -0.1) is 0 Å². The predicted molar refractivity (Wildman–Crippen MR) is 71.1 cm³/mol. The second-order valence-corrected chi connectivity index (χ2v) is 5.22. The van der Waals surface area contributed by atoms with E-state index in [0.29, 0.717) is 32.8 Å². The molecule has 1 aromatic heterocycles. The first-order chi connectivity index (χ1) is 9.65. The maximum Gasteiger partial charge on any atom is 0.228 e. The standard InChI is InChI=1S/C13H18N4O3/c1-15-9-11(7-14-15)17-8-10(6-12(17)18)13(19)16-2-4-20-5-3-16/h7,9-10H,2-6,8H2,1H3/t10-/m0/s1. The number of aryl methyl sites for hydroxylation is 1. The quantitative estimate of drug-likeness (QED) is 0.740. The molecule has 0 unspecified atom stereocenters. The van der Waals surface area contributed by atoms with Gasteiger partial charge in [-0.05, 0) is 0 Å². The van der Waals surface area contributed by atoms with Crippen molar-refractivity contribution in [2.45, 2.75) is 6.42 Å². The minimum absolute atomic E-state index is 0.00962. The van der Waals surface area contributed by atoms with Crippen molar-refractivity contribution in [2.75, 3.05) is 37.7 Å². The van der Waals surface area contributed by atoms with Gasteiger partial charge in [-0.2, -0.15) is 5.10 Å². The molecule has 1 atom stereocenters. The van der Waals surface area contributed by atoms with E-state index in [9.17, 15) is 9.59 Å². The van der Waals surface area contributed by atoms with Crippen molar-refractivity contribution in [3.8, 4) is 0 Å². The number of carbonyl (C=O) groups excluding carboxylic acids is 2. The Balaban J connectivity index is 1.68. The lowest BCUT2D eigenvalue weighted by atomic mass is 10.1. The molecule has 3 heterocycles. The van der Waals surface area contributed by atoms with Crippen LogP contribution in [0.25, 0.3) is 0 Å². The molecule has 0 saturated carbocycles. The molecule has 20 heavy (non-hydrogen) atoms. The van der Waals surface area contributed by atoms with Crippen LogP contribution >= 0.6 is 0 Å². The molecule has 0 N–H and O–H groups in total. The predicted octanol–water partition coefficient (Wildman–Crippen LogP) is -0.368. The number of aromatic nitrogens is 2. The fourth-order valence-corrected chi connectivity index (χ4v) is 2.71. The fourth-order valence-electron chi connectivity index (χ4n) is 2.71. The smallest absolute Gasteiger partial charge is 0.228 e. The van der Waals surface area contributed by atoms with Crippen LogP contribution in [0.3, 0.4) is 0 Å². The molecule has 0 aromatic carbocycles. The second kappa shape index (κ2) is 5.24. The van der Waals surface area contributed by atoms with Crippen LogP contribution in [0.1, 0.15) is 6.42 Å². The summed E-state index contributed by atoms with van der Waals surface area (Å²) in [4.78, 5) is 27.9. The highest BCUT2D eigenvalue weighted by Gasteiger charge is 2.37. The third kappa shape index (κ3) is 2.40. The number of rotatable bonds is 2. The fraction of sp³-hybridized carbons (Fsp3) is 0.615. The topological polar surface area (TPSA) is 67.7 Å². The Kier molecular flexibility index (Phi) is 3.43. The molecule has 108 valence electrons. The van der Waals surface area contributed by atoms with Crippen LogP contribution in [0.5, 0.6) is 0 Å². The Morgan fingerprint density at radius 1 is 1.40 bits per heavy atom. The number of carbonyl (C=O) groups is 2. The molecule has 0 aliphatic carbocycles. The van der Waals surface area contributed by atoms with Crippen LogP contribution in [-0.4, -0.2) is 59.3 Å². The van der Waals surface area contributed by atoms with E-state index in [1.54, 1.807) is 33.9 Å². The van der Waals surface area contributed by atoms with Crippen molar-refractivity contribution in [1.82, 2.24) is 14.7 Å². The highest BCUT2D eigenvalue weighted by atomic mass is 16.5. The number of hydrogen-bond acceptors (Lipinski definition) is 4. The summed E-state index contributed by atoms with van der Waals surface area (Å²) in [5.41, 5.74) is 0.759. The third-order valence-electron chi connectivity index (χ3n) is 3.80. The number of anilines is 1. The maximum absolute atomic E-state index is 12.4. The second-order valence-electron chi connectivity index (χ2n) is 5.22. The largest absolute Gasteiger partial charge is 0.378 e. The lowest BCUT2D eigenvalue weighted by molar-refractivity contribution is -0.139. The lowest BCUT2D eigenvalue weighted by Gasteiger charge is -2.28. The number of hydrogen-bond donors (Lipinski definition) is 0. The first-order valence-corrected chi connectivity index (χ1v) is 6.80. The molecular formula is C13H18N4O3. The zero-order valence-electron chi connectivity index (χ0n) is 11.5. The molecule has 2 saturated heterocycles. The molecule has 7 heteroatoms. The van der Waals surface area contributed by atoms with E-state index in [4.69, 9.17) is 4.74 Å². The Bertz CT molecular complexity index is 521. The van der Waals surface area contributed by atoms with Gasteiger partial charge >= 0.3 is 0 Å². The highest BCUT2D eigenvalue weighted by Crippen LogP contribution is 2.26. The number of morpholine rings is 1. The van der Waals surface area contributed by atoms with E-state index in [1.165, 1.54) is 0 Å². The summed E-state index contributed by atoms with van der Waals surface area (Å²) in [6, 6.07) is 0. The third-order valence-corrected chi connectivity index (χ3v) is 3.80. The van der Waals surface area contributed by atoms with Gasteiger partial charge in [0.2, 0.25) is 11.8 Å². The average molecular weight is 278 g/mol. The number of amides is 2.